The quantitative estimate of drug-likeness (QED) is 0.166. The maximum Gasteiger partial charge on any atom is 0.338 e. The maximum atomic E-state index is 14.5. The molecule has 1 aliphatic rings. The van der Waals surface area contributed by atoms with E-state index in [2.05, 4.69) is 16.7 Å². The van der Waals surface area contributed by atoms with Gasteiger partial charge in [0.25, 0.3) is 5.56 Å². The Balaban J connectivity index is 1.49. The number of ether oxygens (including phenoxy) is 3. The van der Waals surface area contributed by atoms with Crippen molar-refractivity contribution in [3.05, 3.63) is 132 Å². The highest BCUT2D eigenvalue weighted by Gasteiger charge is 2.35. The van der Waals surface area contributed by atoms with E-state index < -0.39 is 12.0 Å². The number of carbonyl (C=O) groups is 2. The molecule has 0 unspecified atom stereocenters. The topological polar surface area (TPSA) is 101 Å². The van der Waals surface area contributed by atoms with E-state index in [1.807, 2.05) is 75.4 Å². The van der Waals surface area contributed by atoms with Gasteiger partial charge in [-0.05, 0) is 77.4 Å². The fourth-order valence-corrected chi connectivity index (χ4v) is 7.30. The number of aromatic nitrogens is 2. The molecule has 0 aliphatic carbocycles. The third-order valence-corrected chi connectivity index (χ3v) is 9.44. The summed E-state index contributed by atoms with van der Waals surface area (Å²) in [5.41, 5.74) is 5.69. The Morgan fingerprint density at radius 3 is 2.31 bits per heavy atom. The highest BCUT2D eigenvalue weighted by molar-refractivity contribution is 7.07. The summed E-state index contributed by atoms with van der Waals surface area (Å²) in [6, 6.07) is 22.2. The van der Waals surface area contributed by atoms with E-state index in [-0.39, 0.29) is 24.2 Å². The zero-order chi connectivity index (χ0) is 34.8. The lowest BCUT2D eigenvalue weighted by molar-refractivity contribution is -0.139. The van der Waals surface area contributed by atoms with Crippen molar-refractivity contribution in [3.63, 3.8) is 0 Å². The molecule has 0 N–H and O–H groups in total. The number of esters is 2. The van der Waals surface area contributed by atoms with Crippen LogP contribution in [-0.4, -0.2) is 40.4 Å². The van der Waals surface area contributed by atoms with Gasteiger partial charge in [-0.3, -0.25) is 9.36 Å². The number of hydrogen-bond donors (Lipinski definition) is 0. The molecule has 0 spiro atoms. The Morgan fingerprint density at radius 2 is 1.59 bits per heavy atom. The molecule has 0 amide bonds. The molecule has 3 heterocycles. The van der Waals surface area contributed by atoms with Crippen LogP contribution < -0.4 is 19.6 Å². The highest BCUT2D eigenvalue weighted by Crippen LogP contribution is 2.36. The van der Waals surface area contributed by atoms with Crippen LogP contribution in [0.3, 0.4) is 0 Å². The monoisotopic (exact) mass is 677 g/mol. The van der Waals surface area contributed by atoms with Gasteiger partial charge >= 0.3 is 11.9 Å². The van der Waals surface area contributed by atoms with E-state index in [9.17, 15) is 14.4 Å². The third kappa shape index (κ3) is 6.48. The number of nitrogens with zero attached hydrogens (tertiary/aromatic N) is 3. The Labute approximate surface area is 288 Å². The molecule has 1 atom stereocenters. The first-order valence-corrected chi connectivity index (χ1v) is 17.2. The summed E-state index contributed by atoms with van der Waals surface area (Å²) in [4.78, 5) is 45.3. The van der Waals surface area contributed by atoms with E-state index in [1.165, 1.54) is 11.3 Å². The molecule has 0 saturated heterocycles. The molecule has 0 fully saturated rings. The largest absolute Gasteiger partial charge is 0.491 e. The highest BCUT2D eigenvalue weighted by atomic mass is 32.1. The van der Waals surface area contributed by atoms with Crippen LogP contribution in [0.1, 0.15) is 73.4 Å². The molecule has 49 heavy (non-hydrogen) atoms. The molecule has 9 nitrogen and oxygen atoms in total. The van der Waals surface area contributed by atoms with Crippen LogP contribution in [0.4, 0.5) is 0 Å². The smallest absolute Gasteiger partial charge is 0.338 e. The second kappa shape index (κ2) is 14.1. The van der Waals surface area contributed by atoms with E-state index >= 15 is 0 Å². The lowest BCUT2D eigenvalue weighted by Crippen LogP contribution is -2.40. The van der Waals surface area contributed by atoms with Gasteiger partial charge in [-0.1, -0.05) is 59.9 Å². The van der Waals surface area contributed by atoms with Gasteiger partial charge in [-0.2, -0.15) is 0 Å². The molecular weight excluding hydrogens is 639 g/mol. The summed E-state index contributed by atoms with van der Waals surface area (Å²) in [7, 11) is 0. The Hall–Kier alpha value is -5.22. The van der Waals surface area contributed by atoms with Crippen LogP contribution >= 0.6 is 11.3 Å². The van der Waals surface area contributed by atoms with Gasteiger partial charge in [0.1, 0.15) is 11.8 Å². The van der Waals surface area contributed by atoms with Crippen molar-refractivity contribution in [2.45, 2.75) is 60.2 Å². The first-order chi connectivity index (χ1) is 23.6. The van der Waals surface area contributed by atoms with E-state index in [0.717, 1.165) is 27.7 Å². The Morgan fingerprint density at radius 1 is 0.918 bits per heavy atom. The zero-order valence-electron chi connectivity index (χ0n) is 28.5. The normalized spacial score (nSPS) is 14.6. The fourth-order valence-electron chi connectivity index (χ4n) is 6.27. The molecule has 10 heteroatoms. The number of carbonyl (C=O) groups excluding carboxylic acids is 2. The van der Waals surface area contributed by atoms with Crippen LogP contribution in [0.25, 0.3) is 17.0 Å². The molecule has 252 valence electrons. The van der Waals surface area contributed by atoms with Gasteiger partial charge in [0.15, 0.2) is 4.80 Å². The minimum absolute atomic E-state index is 0.121. The van der Waals surface area contributed by atoms with Crippen LogP contribution in [0.5, 0.6) is 5.75 Å². The van der Waals surface area contributed by atoms with Gasteiger partial charge in [-0.15, -0.1) is 0 Å². The lowest BCUT2D eigenvalue weighted by Gasteiger charge is -2.26. The van der Waals surface area contributed by atoms with Crippen LogP contribution in [0.15, 0.2) is 93.9 Å². The van der Waals surface area contributed by atoms with Crippen molar-refractivity contribution < 1.29 is 23.8 Å². The summed E-state index contributed by atoms with van der Waals surface area (Å²) < 4.78 is 21.1. The molecule has 5 aromatic rings. The molecule has 0 radical (unpaired) electrons. The molecular formula is C39H39N3O6S. The third-order valence-electron chi connectivity index (χ3n) is 8.45. The first kappa shape index (κ1) is 33.7. The number of hydrogen-bond acceptors (Lipinski definition) is 8. The molecule has 1 aliphatic heterocycles. The van der Waals surface area contributed by atoms with Crippen molar-refractivity contribution in [2.24, 2.45) is 4.99 Å². The number of benzene rings is 3. The summed E-state index contributed by atoms with van der Waals surface area (Å²) >= 11 is 1.29. The fraction of sp³-hybridized carbons (Fsp3) is 0.282. The van der Waals surface area contributed by atoms with Gasteiger partial charge in [0.2, 0.25) is 0 Å². The average molecular weight is 678 g/mol. The minimum Gasteiger partial charge on any atom is -0.491 e. The minimum atomic E-state index is -0.785. The number of para-hydroxylation sites is 2. The summed E-state index contributed by atoms with van der Waals surface area (Å²) in [6.07, 6.45) is 1.81. The molecule has 0 bridgehead atoms. The molecule has 2 aromatic heterocycles. The van der Waals surface area contributed by atoms with Crippen LogP contribution in [0.2, 0.25) is 0 Å². The predicted octanol–water partition coefficient (Wildman–Crippen LogP) is 6.07. The summed E-state index contributed by atoms with van der Waals surface area (Å²) in [6.45, 7) is 12.3. The summed E-state index contributed by atoms with van der Waals surface area (Å²) in [5, 5.41) is 1.00. The van der Waals surface area contributed by atoms with Gasteiger partial charge in [0, 0.05) is 34.3 Å². The summed E-state index contributed by atoms with van der Waals surface area (Å²) in [5.74, 6) is -0.275. The first-order valence-electron chi connectivity index (χ1n) is 16.4. The van der Waals surface area contributed by atoms with Crippen LogP contribution in [-0.2, 0) is 20.8 Å². The van der Waals surface area contributed by atoms with E-state index in [0.29, 0.717) is 50.6 Å². The predicted molar refractivity (Wildman–Crippen MR) is 191 cm³/mol. The van der Waals surface area contributed by atoms with Crippen LogP contribution in [0, 0.1) is 6.92 Å². The Kier molecular flexibility index (Phi) is 9.69. The standard InChI is InChI=1S/C39H39N3O6S/c1-7-46-37(44)27-19-17-26(18-20-27)22-41-25(6)30(28-13-9-11-15-31(28)41)21-33-36(43)42-35(29-14-10-12-16-32(29)48-23(3)4)34(38(45)47-8-2)24(5)40-39(42)49-33/h9-21,23,35H,7-8,22H2,1-6H3/b33-21-/t35-/m0/s1. The maximum absolute atomic E-state index is 14.5. The van der Waals surface area contributed by atoms with Gasteiger partial charge < -0.3 is 18.8 Å². The zero-order valence-corrected chi connectivity index (χ0v) is 29.3. The van der Waals surface area contributed by atoms with Crippen molar-refractivity contribution >= 4 is 40.3 Å². The number of rotatable bonds is 10. The SMILES string of the molecule is CCOC(=O)C1=C(C)N=c2s/c(=C\c3c(C)n(Cc4ccc(C(=O)OCC)cc4)c4ccccc34)c(=O)n2[C@H]1c1ccccc1OC(C)C. The van der Waals surface area contributed by atoms with E-state index in [1.54, 1.807) is 37.5 Å². The molecule has 3 aromatic carbocycles. The van der Waals surface area contributed by atoms with Crippen molar-refractivity contribution in [1.82, 2.24) is 9.13 Å². The number of thiazole rings is 1. The molecule has 6 rings (SSSR count). The van der Waals surface area contributed by atoms with Gasteiger partial charge in [0.05, 0.1) is 40.7 Å². The van der Waals surface area contributed by atoms with Crippen molar-refractivity contribution in [2.75, 3.05) is 13.2 Å². The average Bonchev–Trinajstić information content (AvgIpc) is 3.53. The lowest BCUT2D eigenvalue weighted by atomic mass is 9.95. The van der Waals surface area contributed by atoms with Gasteiger partial charge in [-0.25, -0.2) is 14.6 Å². The number of allylic oxidation sites excluding steroid dienone is 1. The molecule has 0 saturated carbocycles. The second-order valence-corrected chi connectivity index (χ2v) is 13.0. The Bertz CT molecular complexity index is 2270. The number of fused-ring (bicyclic) bond motifs is 2. The van der Waals surface area contributed by atoms with Crippen molar-refractivity contribution in [1.29, 1.82) is 0 Å². The second-order valence-electron chi connectivity index (χ2n) is 12.0. The van der Waals surface area contributed by atoms with E-state index in [4.69, 9.17) is 19.2 Å². The van der Waals surface area contributed by atoms with Crippen molar-refractivity contribution in [3.8, 4) is 5.75 Å².